The Labute approximate surface area is 101 Å². The Hall–Kier alpha value is -0.740. The Kier molecular flexibility index (Phi) is 2.14. The average molecular weight is 283 g/mol. The van der Waals surface area contributed by atoms with Crippen molar-refractivity contribution >= 4 is 33.0 Å². The molecule has 0 saturated carbocycles. The summed E-state index contributed by atoms with van der Waals surface area (Å²) < 4.78 is 1.21. The molecule has 2 aromatic heterocycles. The standard InChI is InChI=1S/C11H11BrN2S/c1-14-6-8(7-4-13-5-9(7)14)10-2-3-11(12)15-10/h2-5,8,13H,6H2,1H3. The molecule has 0 amide bonds. The molecule has 4 heteroatoms. The lowest BCUT2D eigenvalue weighted by Crippen LogP contribution is -2.15. The Bertz CT molecular complexity index is 488. The highest BCUT2D eigenvalue weighted by atomic mass is 79.9. The van der Waals surface area contributed by atoms with Crippen LogP contribution < -0.4 is 4.90 Å². The molecule has 1 N–H and O–H groups in total. The summed E-state index contributed by atoms with van der Waals surface area (Å²) in [5, 5.41) is 0. The van der Waals surface area contributed by atoms with Crippen LogP contribution >= 0.6 is 27.3 Å². The Morgan fingerprint density at radius 3 is 3.07 bits per heavy atom. The number of thiophene rings is 1. The second-order valence-electron chi connectivity index (χ2n) is 3.87. The van der Waals surface area contributed by atoms with Crippen LogP contribution in [0.5, 0.6) is 0 Å². The molecule has 0 bridgehead atoms. The normalized spacial score (nSPS) is 19.6. The minimum absolute atomic E-state index is 0.535. The van der Waals surface area contributed by atoms with Gasteiger partial charge in [-0.3, -0.25) is 0 Å². The monoisotopic (exact) mass is 282 g/mol. The van der Waals surface area contributed by atoms with Gasteiger partial charge in [-0.15, -0.1) is 11.3 Å². The van der Waals surface area contributed by atoms with Crippen LogP contribution in [0, 0.1) is 0 Å². The van der Waals surface area contributed by atoms with Crippen molar-refractivity contribution in [2.45, 2.75) is 5.92 Å². The number of nitrogens with one attached hydrogen (secondary N) is 1. The molecule has 15 heavy (non-hydrogen) atoms. The lowest BCUT2D eigenvalue weighted by atomic mass is 10.0. The first-order chi connectivity index (χ1) is 7.25. The zero-order chi connectivity index (χ0) is 10.4. The van der Waals surface area contributed by atoms with Crippen molar-refractivity contribution in [3.63, 3.8) is 0 Å². The molecule has 3 heterocycles. The third kappa shape index (κ3) is 1.43. The van der Waals surface area contributed by atoms with Crippen LogP contribution in [-0.4, -0.2) is 18.6 Å². The van der Waals surface area contributed by atoms with Gasteiger partial charge in [0, 0.05) is 42.3 Å². The van der Waals surface area contributed by atoms with Crippen LogP contribution in [0.4, 0.5) is 5.69 Å². The molecule has 1 unspecified atom stereocenters. The van der Waals surface area contributed by atoms with Gasteiger partial charge in [0.05, 0.1) is 9.47 Å². The van der Waals surface area contributed by atoms with E-state index in [1.54, 1.807) is 0 Å². The topological polar surface area (TPSA) is 19.0 Å². The number of hydrogen-bond acceptors (Lipinski definition) is 2. The van der Waals surface area contributed by atoms with E-state index in [1.807, 2.05) is 11.3 Å². The maximum absolute atomic E-state index is 3.52. The number of likely N-dealkylation sites (N-methyl/N-ethyl adjacent to an activating group) is 1. The van der Waals surface area contributed by atoms with Gasteiger partial charge in [-0.25, -0.2) is 0 Å². The molecule has 1 aliphatic rings. The van der Waals surface area contributed by atoms with Crippen molar-refractivity contribution in [1.82, 2.24) is 4.98 Å². The Morgan fingerprint density at radius 1 is 1.47 bits per heavy atom. The van der Waals surface area contributed by atoms with Crippen molar-refractivity contribution in [2.24, 2.45) is 0 Å². The third-order valence-corrected chi connectivity index (χ3v) is 4.67. The summed E-state index contributed by atoms with van der Waals surface area (Å²) in [4.78, 5) is 6.94. The van der Waals surface area contributed by atoms with E-state index in [4.69, 9.17) is 0 Å². The molecule has 0 fully saturated rings. The third-order valence-electron chi connectivity index (χ3n) is 2.94. The fourth-order valence-electron chi connectivity index (χ4n) is 2.21. The molecule has 2 nitrogen and oxygen atoms in total. The highest BCUT2D eigenvalue weighted by molar-refractivity contribution is 9.11. The molecule has 0 saturated heterocycles. The minimum atomic E-state index is 0.535. The molecule has 0 aromatic carbocycles. The highest BCUT2D eigenvalue weighted by Gasteiger charge is 2.29. The van der Waals surface area contributed by atoms with E-state index < -0.39 is 0 Å². The van der Waals surface area contributed by atoms with Crippen molar-refractivity contribution in [1.29, 1.82) is 0 Å². The molecule has 1 atom stereocenters. The largest absolute Gasteiger partial charge is 0.372 e. The summed E-state index contributed by atoms with van der Waals surface area (Å²) >= 11 is 5.35. The van der Waals surface area contributed by atoms with Crippen LogP contribution in [0.3, 0.4) is 0 Å². The second kappa shape index (κ2) is 3.39. The minimum Gasteiger partial charge on any atom is -0.372 e. The fourth-order valence-corrected chi connectivity index (χ4v) is 3.74. The molecule has 0 radical (unpaired) electrons. The molecule has 1 aliphatic heterocycles. The summed E-state index contributed by atoms with van der Waals surface area (Å²) in [6, 6.07) is 4.35. The average Bonchev–Trinajstić information content (AvgIpc) is 2.84. The van der Waals surface area contributed by atoms with E-state index in [-0.39, 0.29) is 0 Å². The van der Waals surface area contributed by atoms with Crippen LogP contribution in [0.2, 0.25) is 0 Å². The smallest absolute Gasteiger partial charge is 0.0701 e. The van der Waals surface area contributed by atoms with Gasteiger partial charge >= 0.3 is 0 Å². The lowest BCUT2D eigenvalue weighted by Gasteiger charge is -2.11. The number of aromatic amines is 1. The number of nitrogens with zero attached hydrogens (tertiary/aromatic N) is 1. The summed E-state index contributed by atoms with van der Waals surface area (Å²) in [6.07, 6.45) is 4.20. The van der Waals surface area contributed by atoms with Crippen molar-refractivity contribution in [3.8, 4) is 0 Å². The van der Waals surface area contributed by atoms with Crippen LogP contribution in [0.15, 0.2) is 28.3 Å². The van der Waals surface area contributed by atoms with Crippen molar-refractivity contribution < 1.29 is 0 Å². The maximum Gasteiger partial charge on any atom is 0.0701 e. The summed E-state index contributed by atoms with van der Waals surface area (Å²) in [7, 11) is 2.15. The van der Waals surface area contributed by atoms with Crippen LogP contribution in [0.25, 0.3) is 0 Å². The second-order valence-corrected chi connectivity index (χ2v) is 6.37. The van der Waals surface area contributed by atoms with Crippen molar-refractivity contribution in [3.05, 3.63) is 38.8 Å². The van der Waals surface area contributed by atoms with E-state index in [0.29, 0.717) is 5.92 Å². The van der Waals surface area contributed by atoms with E-state index in [2.05, 4.69) is 57.4 Å². The zero-order valence-corrected chi connectivity index (χ0v) is 10.7. The number of fused-ring (bicyclic) bond motifs is 1. The predicted octanol–water partition coefficient (Wildman–Crippen LogP) is 3.42. The number of aromatic nitrogens is 1. The van der Waals surface area contributed by atoms with Gasteiger partial charge in [0.2, 0.25) is 0 Å². The first-order valence-corrected chi connectivity index (χ1v) is 6.49. The van der Waals surface area contributed by atoms with Gasteiger partial charge in [0.15, 0.2) is 0 Å². The number of H-pyrrole nitrogens is 1. The van der Waals surface area contributed by atoms with E-state index in [1.165, 1.54) is 19.9 Å². The fraction of sp³-hybridized carbons (Fsp3) is 0.273. The SMILES string of the molecule is CN1CC(c2ccc(Br)s2)c2c[nH]cc21. The van der Waals surface area contributed by atoms with Gasteiger partial charge in [-0.1, -0.05) is 0 Å². The highest BCUT2D eigenvalue weighted by Crippen LogP contribution is 2.42. The molecule has 78 valence electrons. The van der Waals surface area contributed by atoms with Crippen LogP contribution in [0.1, 0.15) is 16.4 Å². The van der Waals surface area contributed by atoms with Gasteiger partial charge in [0.1, 0.15) is 0 Å². The summed E-state index contributed by atoms with van der Waals surface area (Å²) in [5.74, 6) is 0.535. The predicted molar refractivity (Wildman–Crippen MR) is 67.9 cm³/mol. The van der Waals surface area contributed by atoms with Gasteiger partial charge in [-0.2, -0.15) is 0 Å². The number of halogens is 1. The van der Waals surface area contributed by atoms with E-state index in [0.717, 1.165) is 6.54 Å². The van der Waals surface area contributed by atoms with Crippen molar-refractivity contribution in [2.75, 3.05) is 18.5 Å². The van der Waals surface area contributed by atoms with Gasteiger partial charge < -0.3 is 9.88 Å². The Balaban J connectivity index is 2.04. The molecule has 0 spiro atoms. The number of rotatable bonds is 1. The maximum atomic E-state index is 3.52. The molecular weight excluding hydrogens is 272 g/mol. The molecule has 0 aliphatic carbocycles. The first-order valence-electron chi connectivity index (χ1n) is 4.89. The summed E-state index contributed by atoms with van der Waals surface area (Å²) in [5.41, 5.74) is 2.76. The zero-order valence-electron chi connectivity index (χ0n) is 8.33. The van der Waals surface area contributed by atoms with E-state index in [9.17, 15) is 0 Å². The number of hydrogen-bond donors (Lipinski definition) is 1. The quantitative estimate of drug-likeness (QED) is 0.849. The first kappa shape index (κ1) is 9.48. The van der Waals surface area contributed by atoms with Gasteiger partial charge in [0.25, 0.3) is 0 Å². The molecule has 2 aromatic rings. The number of anilines is 1. The van der Waals surface area contributed by atoms with Gasteiger partial charge in [-0.05, 0) is 28.1 Å². The molecule has 3 rings (SSSR count). The van der Waals surface area contributed by atoms with E-state index >= 15 is 0 Å². The molecular formula is C11H11BrN2S. The summed E-state index contributed by atoms with van der Waals surface area (Å²) in [6.45, 7) is 1.09. The lowest BCUT2D eigenvalue weighted by molar-refractivity contribution is 0.846. The Morgan fingerprint density at radius 2 is 2.33 bits per heavy atom. The van der Waals surface area contributed by atoms with Crippen LogP contribution in [-0.2, 0) is 0 Å².